The fourth-order valence-electron chi connectivity index (χ4n) is 4.71. The molecule has 2 heterocycles. The predicted molar refractivity (Wildman–Crippen MR) is 133 cm³/mol. The van der Waals surface area contributed by atoms with Crippen LogP contribution >= 0.6 is 0 Å². The zero-order chi connectivity index (χ0) is 24.9. The molecule has 0 aliphatic carbocycles. The highest BCUT2D eigenvalue weighted by molar-refractivity contribution is 6.47. The first-order valence-electron chi connectivity index (χ1n) is 11.5. The maximum Gasteiger partial charge on any atom is 0.332 e. The van der Waals surface area contributed by atoms with E-state index >= 15 is 0 Å². The van der Waals surface area contributed by atoms with Crippen molar-refractivity contribution in [1.29, 1.82) is 0 Å². The largest absolute Gasteiger partial charge is 0.432 e. The van der Waals surface area contributed by atoms with Gasteiger partial charge in [0.25, 0.3) is 5.78 Å². The van der Waals surface area contributed by atoms with Gasteiger partial charge in [0.05, 0.1) is 16.5 Å². The van der Waals surface area contributed by atoms with Gasteiger partial charge in [0, 0.05) is 35.5 Å². The maximum atomic E-state index is 13.6. The van der Waals surface area contributed by atoms with Gasteiger partial charge < -0.3 is 14.1 Å². The molecule has 0 spiro atoms. The molecule has 0 bridgehead atoms. The molecule has 4 aromatic rings. The van der Waals surface area contributed by atoms with E-state index in [0.29, 0.717) is 34.4 Å². The van der Waals surface area contributed by atoms with Crippen molar-refractivity contribution in [1.82, 2.24) is 4.57 Å². The lowest BCUT2D eigenvalue weighted by atomic mass is 9.91. The number of nitrogens with zero attached hydrogens (tertiary/aromatic N) is 2. The first kappa shape index (κ1) is 22.5. The van der Waals surface area contributed by atoms with Crippen LogP contribution in [0, 0.1) is 0 Å². The third-order valence-electron chi connectivity index (χ3n) is 6.28. The number of aryl methyl sites for hydroxylation is 1. The van der Waals surface area contributed by atoms with E-state index in [-0.39, 0.29) is 17.6 Å². The Morgan fingerprint density at radius 3 is 2.51 bits per heavy atom. The molecule has 0 unspecified atom stereocenters. The van der Waals surface area contributed by atoms with E-state index in [9.17, 15) is 14.4 Å². The van der Waals surface area contributed by atoms with E-state index in [2.05, 4.69) is 28.4 Å². The summed E-state index contributed by atoms with van der Waals surface area (Å²) in [6, 6.07) is 16.8. The van der Waals surface area contributed by atoms with Gasteiger partial charge in [-0.2, -0.15) is 0 Å². The number of Topliss-reactive ketones (excluding diaryl/α,β-unsaturated/α-hetero) is 1. The number of hydrogen-bond donors (Lipinski definition) is 0. The highest BCUT2D eigenvalue weighted by Gasteiger charge is 2.33. The van der Waals surface area contributed by atoms with Crippen molar-refractivity contribution in [3.05, 3.63) is 76.9 Å². The van der Waals surface area contributed by atoms with Gasteiger partial charge in [0.2, 0.25) is 0 Å². The second-order valence-electron chi connectivity index (χ2n) is 8.79. The van der Waals surface area contributed by atoms with Crippen molar-refractivity contribution in [3.8, 4) is 5.75 Å². The number of benzene rings is 3. The molecule has 1 aliphatic rings. The molecule has 7 heteroatoms. The Labute approximate surface area is 201 Å². The molecule has 7 nitrogen and oxygen atoms in total. The smallest absolute Gasteiger partial charge is 0.332 e. The molecule has 0 saturated carbocycles. The molecular weight excluding hydrogens is 444 g/mol. The number of ketones is 2. The Kier molecular flexibility index (Phi) is 5.47. The zero-order valence-corrected chi connectivity index (χ0v) is 19.9. The average Bonchev–Trinajstić information content (AvgIpc) is 3.35. The average molecular weight is 469 g/mol. The molecule has 5 rings (SSSR count). The van der Waals surface area contributed by atoms with E-state index in [0.717, 1.165) is 22.0 Å². The second kappa shape index (κ2) is 8.51. The highest BCUT2D eigenvalue weighted by atomic mass is 16.7. The number of aromatic nitrogens is 1. The molecule has 0 amide bonds. The summed E-state index contributed by atoms with van der Waals surface area (Å²) in [4.78, 5) is 42.2. The lowest BCUT2D eigenvalue weighted by molar-refractivity contribution is -0.141. The van der Waals surface area contributed by atoms with Gasteiger partial charge >= 0.3 is 11.9 Å². The van der Waals surface area contributed by atoms with Crippen LogP contribution in [0.3, 0.4) is 0 Å². The number of rotatable bonds is 5. The lowest BCUT2D eigenvalue weighted by Crippen LogP contribution is -2.13. The summed E-state index contributed by atoms with van der Waals surface area (Å²) in [5.41, 5.74) is 4.35. The van der Waals surface area contributed by atoms with E-state index < -0.39 is 11.8 Å². The Morgan fingerprint density at radius 2 is 1.80 bits per heavy atom. The van der Waals surface area contributed by atoms with Crippen LogP contribution in [0.25, 0.3) is 21.8 Å². The third kappa shape index (κ3) is 3.60. The number of hydrogen-bond acceptors (Lipinski definition) is 6. The minimum atomic E-state index is -0.651. The van der Waals surface area contributed by atoms with Gasteiger partial charge in [-0.1, -0.05) is 38.1 Å². The molecular formula is C28H24N2O5. The van der Waals surface area contributed by atoms with Crippen LogP contribution in [-0.4, -0.2) is 28.0 Å². The van der Waals surface area contributed by atoms with Gasteiger partial charge in [-0.25, -0.2) is 4.79 Å². The van der Waals surface area contributed by atoms with Crippen LogP contribution in [0.15, 0.2) is 59.8 Å². The van der Waals surface area contributed by atoms with E-state index in [4.69, 9.17) is 4.74 Å². The van der Waals surface area contributed by atoms with Crippen molar-refractivity contribution in [2.75, 3.05) is 0 Å². The molecule has 0 radical (unpaired) electrons. The van der Waals surface area contributed by atoms with Crippen LogP contribution in [-0.2, 0) is 16.2 Å². The number of fused-ring (bicyclic) bond motifs is 5. The summed E-state index contributed by atoms with van der Waals surface area (Å²) in [5.74, 6) is -0.907. The van der Waals surface area contributed by atoms with E-state index in [1.165, 1.54) is 6.92 Å². The van der Waals surface area contributed by atoms with Crippen LogP contribution < -0.4 is 4.74 Å². The van der Waals surface area contributed by atoms with Crippen LogP contribution in [0.4, 0.5) is 0 Å². The van der Waals surface area contributed by atoms with Crippen molar-refractivity contribution >= 4 is 45.2 Å². The topological polar surface area (TPSA) is 87.0 Å². The number of carbonyl (C=O) groups excluding carboxylic acids is 3. The summed E-state index contributed by atoms with van der Waals surface area (Å²) in [7, 11) is 0. The molecule has 3 aromatic carbocycles. The summed E-state index contributed by atoms with van der Waals surface area (Å²) in [6.45, 7) is 8.04. The minimum absolute atomic E-state index is 0.0599. The van der Waals surface area contributed by atoms with Gasteiger partial charge in [0.15, 0.2) is 11.5 Å². The zero-order valence-electron chi connectivity index (χ0n) is 19.9. The quantitative estimate of drug-likeness (QED) is 0.216. The molecule has 176 valence electrons. The monoisotopic (exact) mass is 468 g/mol. The number of ether oxygens (including phenoxy) is 1. The summed E-state index contributed by atoms with van der Waals surface area (Å²) in [6.07, 6.45) is 0. The van der Waals surface area contributed by atoms with Crippen LogP contribution in [0.5, 0.6) is 5.75 Å². The molecule has 1 aromatic heterocycles. The Hall–Kier alpha value is -4.26. The first-order chi connectivity index (χ1) is 16.8. The van der Waals surface area contributed by atoms with Gasteiger partial charge in [-0.3, -0.25) is 9.59 Å². The number of oxime groups is 1. The lowest BCUT2D eigenvalue weighted by Gasteiger charge is -2.12. The van der Waals surface area contributed by atoms with Crippen LogP contribution in [0.1, 0.15) is 65.5 Å². The highest BCUT2D eigenvalue weighted by Crippen LogP contribution is 2.41. The van der Waals surface area contributed by atoms with Crippen LogP contribution in [0.2, 0.25) is 0 Å². The van der Waals surface area contributed by atoms with E-state index in [1.807, 2.05) is 55.5 Å². The van der Waals surface area contributed by atoms with Crippen molar-refractivity contribution < 1.29 is 24.0 Å². The van der Waals surface area contributed by atoms with Crippen molar-refractivity contribution in [3.63, 3.8) is 0 Å². The Bertz CT molecular complexity index is 1580. The SMILES string of the molecule is CCn1c2ccc(C(=O)c3ccccc3C(C)C)cc2c2c3c(ccc21)C(=O)/C(=N/OC(C)=O)O3. The first-order valence-corrected chi connectivity index (χ1v) is 11.5. The fourth-order valence-corrected chi connectivity index (χ4v) is 4.71. The van der Waals surface area contributed by atoms with Gasteiger partial charge in [-0.05, 0) is 53.9 Å². The fraction of sp³-hybridized carbons (Fsp3) is 0.214. The molecule has 0 atom stereocenters. The predicted octanol–water partition coefficient (Wildman–Crippen LogP) is 5.62. The summed E-state index contributed by atoms with van der Waals surface area (Å²) < 4.78 is 7.92. The molecule has 0 N–H and O–H groups in total. The summed E-state index contributed by atoms with van der Waals surface area (Å²) >= 11 is 0. The van der Waals surface area contributed by atoms with Gasteiger partial charge in [0.1, 0.15) is 0 Å². The van der Waals surface area contributed by atoms with Crippen molar-refractivity contribution in [2.24, 2.45) is 5.16 Å². The molecule has 35 heavy (non-hydrogen) atoms. The Balaban J connectivity index is 1.71. The molecule has 0 fully saturated rings. The van der Waals surface area contributed by atoms with Crippen molar-refractivity contribution in [2.45, 2.75) is 40.2 Å². The number of carbonyl (C=O) groups is 3. The Morgan fingerprint density at radius 1 is 1.06 bits per heavy atom. The van der Waals surface area contributed by atoms with Gasteiger partial charge in [-0.15, -0.1) is 0 Å². The standard InChI is InChI=1S/C28H24N2O5/c1-5-30-22-12-10-17(25(32)19-9-7-6-8-18(19)15(2)3)14-21(22)24-23(30)13-11-20-26(33)28(34-27(20)24)29-35-16(4)31/h6-15H,5H2,1-4H3/b29-28-. The normalized spacial score (nSPS) is 14.1. The summed E-state index contributed by atoms with van der Waals surface area (Å²) in [5, 5.41) is 5.09. The van der Waals surface area contributed by atoms with E-state index in [1.54, 1.807) is 6.07 Å². The second-order valence-corrected chi connectivity index (χ2v) is 8.79. The maximum absolute atomic E-state index is 13.6. The molecule has 1 aliphatic heterocycles. The minimum Gasteiger partial charge on any atom is -0.432 e. The third-order valence-corrected chi connectivity index (χ3v) is 6.28. The molecule has 0 saturated heterocycles.